The van der Waals surface area contributed by atoms with Crippen LogP contribution < -0.4 is 10.2 Å². The largest absolute Gasteiger partial charge is 0.417 e. The molecule has 1 amide bonds. The molecule has 0 aliphatic heterocycles. The second-order valence-electron chi connectivity index (χ2n) is 4.55. The van der Waals surface area contributed by atoms with E-state index >= 15 is 0 Å². The van der Waals surface area contributed by atoms with Gasteiger partial charge in [-0.1, -0.05) is 6.92 Å². The smallest absolute Gasteiger partial charge is 0.365 e. The van der Waals surface area contributed by atoms with E-state index in [0.717, 1.165) is 18.6 Å². The number of halogens is 3. The number of alkyl halides is 3. The molecule has 0 saturated heterocycles. The van der Waals surface area contributed by atoms with Crippen molar-refractivity contribution in [3.63, 3.8) is 0 Å². The first kappa shape index (κ1) is 16.8. The van der Waals surface area contributed by atoms with Crippen LogP contribution in [-0.4, -0.2) is 26.0 Å². The number of hydrogen-bond acceptors (Lipinski definition) is 3. The molecule has 0 bridgehead atoms. The fourth-order valence-corrected chi connectivity index (χ4v) is 1.74. The van der Waals surface area contributed by atoms with E-state index in [9.17, 15) is 18.0 Å². The minimum atomic E-state index is -4.57. The van der Waals surface area contributed by atoms with Crippen molar-refractivity contribution in [3.8, 4) is 6.07 Å². The average Bonchev–Trinajstić information content (AvgIpc) is 2.43. The molecular formula is C14H16F3N3O. The number of nitriles is 1. The summed E-state index contributed by atoms with van der Waals surface area (Å²) in [6.45, 7) is 2.47. The molecule has 0 saturated carbocycles. The Balaban J connectivity index is 2.90. The van der Waals surface area contributed by atoms with Gasteiger partial charge in [-0.15, -0.1) is 0 Å². The zero-order valence-corrected chi connectivity index (χ0v) is 11.8. The van der Waals surface area contributed by atoms with Crippen LogP contribution in [0.3, 0.4) is 0 Å². The maximum absolute atomic E-state index is 12.7. The molecule has 1 aromatic rings. The molecule has 0 atom stereocenters. The number of rotatable bonds is 5. The highest BCUT2D eigenvalue weighted by Gasteiger charge is 2.33. The summed E-state index contributed by atoms with van der Waals surface area (Å²) in [6.07, 6.45) is -3.77. The van der Waals surface area contributed by atoms with Gasteiger partial charge in [0.15, 0.2) is 0 Å². The van der Waals surface area contributed by atoms with Crippen LogP contribution in [0.4, 0.5) is 18.9 Å². The van der Waals surface area contributed by atoms with E-state index in [1.165, 1.54) is 17.0 Å². The molecule has 0 aromatic heterocycles. The van der Waals surface area contributed by atoms with Crippen molar-refractivity contribution in [1.82, 2.24) is 5.32 Å². The van der Waals surface area contributed by atoms with Crippen LogP contribution in [0.15, 0.2) is 18.2 Å². The van der Waals surface area contributed by atoms with Crippen molar-refractivity contribution < 1.29 is 18.0 Å². The highest BCUT2D eigenvalue weighted by molar-refractivity contribution is 5.81. The Morgan fingerprint density at radius 2 is 2.10 bits per heavy atom. The SMILES string of the molecule is CCCNC(=O)CN(C)c1ccc(C(F)(F)F)c(C#N)c1. The van der Waals surface area contributed by atoms with Gasteiger partial charge in [-0.05, 0) is 24.6 Å². The second kappa shape index (κ2) is 6.97. The Bertz CT molecular complexity index is 549. The Morgan fingerprint density at radius 3 is 2.62 bits per heavy atom. The number of amides is 1. The van der Waals surface area contributed by atoms with Crippen molar-refractivity contribution in [2.45, 2.75) is 19.5 Å². The van der Waals surface area contributed by atoms with Crippen molar-refractivity contribution >= 4 is 11.6 Å². The first-order valence-corrected chi connectivity index (χ1v) is 6.38. The lowest BCUT2D eigenvalue weighted by molar-refractivity contribution is -0.137. The number of benzene rings is 1. The van der Waals surface area contributed by atoms with Gasteiger partial charge in [-0.3, -0.25) is 4.79 Å². The summed E-state index contributed by atoms with van der Waals surface area (Å²) in [5.74, 6) is -0.224. The standard InChI is InChI=1S/C14H16F3N3O/c1-3-6-19-13(21)9-20(2)11-4-5-12(14(15,16)17)10(7-11)8-18/h4-5,7H,3,6,9H2,1-2H3,(H,19,21). The third-order valence-electron chi connectivity index (χ3n) is 2.82. The molecule has 4 nitrogen and oxygen atoms in total. The molecule has 1 aromatic carbocycles. The van der Waals surface area contributed by atoms with Crippen LogP contribution >= 0.6 is 0 Å². The maximum atomic E-state index is 12.7. The number of carbonyl (C=O) groups is 1. The van der Waals surface area contributed by atoms with Gasteiger partial charge < -0.3 is 10.2 Å². The van der Waals surface area contributed by atoms with E-state index in [1.807, 2.05) is 6.92 Å². The fraction of sp³-hybridized carbons (Fsp3) is 0.429. The first-order valence-electron chi connectivity index (χ1n) is 6.38. The van der Waals surface area contributed by atoms with Crippen LogP contribution in [0.2, 0.25) is 0 Å². The van der Waals surface area contributed by atoms with Crippen molar-refractivity contribution in [1.29, 1.82) is 5.26 Å². The molecule has 0 heterocycles. The minimum Gasteiger partial charge on any atom is -0.365 e. The topological polar surface area (TPSA) is 56.1 Å². The molecule has 0 radical (unpaired) electrons. The van der Waals surface area contributed by atoms with E-state index in [1.54, 1.807) is 7.05 Å². The van der Waals surface area contributed by atoms with Crippen LogP contribution in [0.5, 0.6) is 0 Å². The van der Waals surface area contributed by atoms with Gasteiger partial charge in [0.05, 0.1) is 23.7 Å². The first-order chi connectivity index (χ1) is 9.79. The summed E-state index contributed by atoms with van der Waals surface area (Å²) in [4.78, 5) is 13.1. The summed E-state index contributed by atoms with van der Waals surface area (Å²) in [6, 6.07) is 4.77. The van der Waals surface area contributed by atoms with E-state index in [0.29, 0.717) is 12.2 Å². The van der Waals surface area contributed by atoms with Gasteiger partial charge in [0.2, 0.25) is 5.91 Å². The van der Waals surface area contributed by atoms with Crippen molar-refractivity contribution in [2.24, 2.45) is 0 Å². The molecule has 0 fully saturated rings. The number of hydrogen-bond donors (Lipinski definition) is 1. The van der Waals surface area contributed by atoms with Crippen molar-refractivity contribution in [3.05, 3.63) is 29.3 Å². The highest BCUT2D eigenvalue weighted by atomic mass is 19.4. The lowest BCUT2D eigenvalue weighted by atomic mass is 10.1. The molecule has 21 heavy (non-hydrogen) atoms. The molecule has 1 N–H and O–H groups in total. The van der Waals surface area contributed by atoms with E-state index in [2.05, 4.69) is 5.32 Å². The van der Waals surface area contributed by atoms with Gasteiger partial charge in [-0.2, -0.15) is 18.4 Å². The molecule has 0 aliphatic rings. The Labute approximate surface area is 121 Å². The Kier molecular flexibility index (Phi) is 5.59. The van der Waals surface area contributed by atoms with Gasteiger partial charge in [0, 0.05) is 19.3 Å². The number of anilines is 1. The molecule has 7 heteroatoms. The lowest BCUT2D eigenvalue weighted by Crippen LogP contribution is -2.35. The quantitative estimate of drug-likeness (QED) is 0.909. The van der Waals surface area contributed by atoms with Crippen LogP contribution in [0.25, 0.3) is 0 Å². The monoisotopic (exact) mass is 299 g/mol. The summed E-state index contributed by atoms with van der Waals surface area (Å²) in [5, 5.41) is 11.5. The van der Waals surface area contributed by atoms with Crippen molar-refractivity contribution in [2.75, 3.05) is 25.0 Å². The molecule has 0 spiro atoms. The van der Waals surface area contributed by atoms with Gasteiger partial charge >= 0.3 is 6.18 Å². The zero-order chi connectivity index (χ0) is 16.0. The fourth-order valence-electron chi connectivity index (χ4n) is 1.74. The van der Waals surface area contributed by atoms with Crippen LogP contribution in [0, 0.1) is 11.3 Å². The zero-order valence-electron chi connectivity index (χ0n) is 11.8. The maximum Gasteiger partial charge on any atom is 0.417 e. The lowest BCUT2D eigenvalue weighted by Gasteiger charge is -2.20. The number of carbonyl (C=O) groups excluding carboxylic acids is 1. The predicted octanol–water partition coefficient (Wildman–Crippen LogP) is 2.54. The molecule has 114 valence electrons. The average molecular weight is 299 g/mol. The summed E-state index contributed by atoms with van der Waals surface area (Å²) < 4.78 is 38.1. The van der Waals surface area contributed by atoms with Gasteiger partial charge in [0.1, 0.15) is 0 Å². The second-order valence-corrected chi connectivity index (χ2v) is 4.55. The van der Waals surface area contributed by atoms with E-state index < -0.39 is 17.3 Å². The Morgan fingerprint density at radius 1 is 1.43 bits per heavy atom. The Hall–Kier alpha value is -2.23. The van der Waals surface area contributed by atoms with Gasteiger partial charge in [-0.25, -0.2) is 0 Å². The van der Waals surface area contributed by atoms with E-state index in [-0.39, 0.29) is 12.5 Å². The molecule has 0 aliphatic carbocycles. The normalized spacial score (nSPS) is 10.9. The molecule has 1 rings (SSSR count). The minimum absolute atomic E-state index is 0.0102. The van der Waals surface area contributed by atoms with Crippen LogP contribution in [0.1, 0.15) is 24.5 Å². The summed E-state index contributed by atoms with van der Waals surface area (Å²) in [7, 11) is 1.58. The number of nitrogens with zero attached hydrogens (tertiary/aromatic N) is 2. The number of nitrogens with one attached hydrogen (secondary N) is 1. The van der Waals surface area contributed by atoms with Crippen LogP contribution in [-0.2, 0) is 11.0 Å². The molecule has 0 unspecified atom stereocenters. The highest BCUT2D eigenvalue weighted by Crippen LogP contribution is 2.33. The van der Waals surface area contributed by atoms with E-state index in [4.69, 9.17) is 5.26 Å². The summed E-state index contributed by atoms with van der Waals surface area (Å²) >= 11 is 0. The third kappa shape index (κ3) is 4.67. The third-order valence-corrected chi connectivity index (χ3v) is 2.82. The summed E-state index contributed by atoms with van der Waals surface area (Å²) in [5.41, 5.74) is -1.05. The van der Waals surface area contributed by atoms with Gasteiger partial charge in [0.25, 0.3) is 0 Å². The predicted molar refractivity (Wildman–Crippen MR) is 72.7 cm³/mol. The number of likely N-dealkylation sites (N-methyl/N-ethyl adjacent to an activating group) is 1. The molecular weight excluding hydrogens is 283 g/mol.